The van der Waals surface area contributed by atoms with Crippen molar-refractivity contribution in [3.05, 3.63) is 53.6 Å². The average molecular weight is 433 g/mol. The molecular weight excluding hydrogens is 408 g/mol. The summed E-state index contributed by atoms with van der Waals surface area (Å²) in [5, 5.41) is 3.33. The van der Waals surface area contributed by atoms with Gasteiger partial charge in [0.15, 0.2) is 12.2 Å². The average Bonchev–Trinajstić information content (AvgIpc) is 2.76. The van der Waals surface area contributed by atoms with Gasteiger partial charge >= 0.3 is 5.97 Å². The van der Waals surface area contributed by atoms with Gasteiger partial charge in [-0.3, -0.25) is 4.79 Å². The number of esters is 1. The first-order chi connectivity index (χ1) is 14.4. The zero-order valence-corrected chi connectivity index (χ0v) is 17.7. The van der Waals surface area contributed by atoms with E-state index in [1.54, 1.807) is 31.2 Å². The van der Waals surface area contributed by atoms with E-state index in [0.717, 1.165) is 18.8 Å². The number of hydrogen-bond acceptors (Lipinski definition) is 6. The third kappa shape index (κ3) is 6.11. The van der Waals surface area contributed by atoms with E-state index in [1.165, 1.54) is 6.92 Å². The summed E-state index contributed by atoms with van der Waals surface area (Å²) >= 11 is 5.83. The van der Waals surface area contributed by atoms with Crippen molar-refractivity contribution >= 4 is 34.9 Å². The summed E-state index contributed by atoms with van der Waals surface area (Å²) in [6, 6.07) is 14.2. The molecular formula is C22H25ClN2O5. The Hall–Kier alpha value is -2.77. The molecule has 30 heavy (non-hydrogen) atoms. The van der Waals surface area contributed by atoms with Gasteiger partial charge in [0.05, 0.1) is 13.2 Å². The minimum absolute atomic E-state index is 0.416. The lowest BCUT2D eigenvalue weighted by atomic mass is 10.2. The van der Waals surface area contributed by atoms with Crippen LogP contribution in [-0.4, -0.2) is 50.4 Å². The molecule has 1 aliphatic rings. The van der Waals surface area contributed by atoms with Crippen LogP contribution in [0.2, 0.25) is 5.02 Å². The number of anilines is 2. The number of benzene rings is 2. The van der Waals surface area contributed by atoms with E-state index in [9.17, 15) is 9.59 Å². The molecule has 0 bridgehead atoms. The minimum Gasteiger partial charge on any atom is -0.479 e. The number of nitrogens with one attached hydrogen (secondary N) is 1. The molecule has 160 valence electrons. The maximum Gasteiger partial charge on any atom is 0.347 e. The number of hydrogen-bond donors (Lipinski definition) is 1. The van der Waals surface area contributed by atoms with Crippen molar-refractivity contribution < 1.29 is 23.8 Å². The zero-order chi connectivity index (χ0) is 21.5. The molecule has 8 heteroatoms. The highest BCUT2D eigenvalue weighted by Gasteiger charge is 2.23. The van der Waals surface area contributed by atoms with Crippen LogP contribution < -0.4 is 15.0 Å². The van der Waals surface area contributed by atoms with Gasteiger partial charge in [0.1, 0.15) is 5.75 Å². The summed E-state index contributed by atoms with van der Waals surface area (Å²) in [6.45, 7) is 6.18. The molecule has 2 atom stereocenters. The van der Waals surface area contributed by atoms with Crippen molar-refractivity contribution in [3.63, 3.8) is 0 Å². The Labute approximate surface area is 180 Å². The molecule has 0 aromatic heterocycles. The van der Waals surface area contributed by atoms with Crippen LogP contribution in [-0.2, 0) is 19.1 Å². The van der Waals surface area contributed by atoms with Gasteiger partial charge in [0, 0.05) is 29.5 Å². The molecule has 1 amide bonds. The van der Waals surface area contributed by atoms with Crippen LogP contribution in [0.3, 0.4) is 0 Å². The number of carbonyl (C=O) groups excluding carboxylic acids is 2. The van der Waals surface area contributed by atoms with Gasteiger partial charge in [0.2, 0.25) is 0 Å². The van der Waals surface area contributed by atoms with Gasteiger partial charge in [-0.2, -0.15) is 0 Å². The molecule has 1 aliphatic heterocycles. The van der Waals surface area contributed by atoms with E-state index in [2.05, 4.69) is 10.2 Å². The molecule has 7 nitrogen and oxygen atoms in total. The lowest BCUT2D eigenvalue weighted by Gasteiger charge is -2.29. The summed E-state index contributed by atoms with van der Waals surface area (Å²) in [7, 11) is 0. The van der Waals surface area contributed by atoms with Gasteiger partial charge in [0.25, 0.3) is 5.91 Å². The fourth-order valence-corrected chi connectivity index (χ4v) is 3.04. The molecule has 1 N–H and O–H groups in total. The van der Waals surface area contributed by atoms with Crippen LogP contribution in [0.15, 0.2) is 48.5 Å². The second-order valence-corrected chi connectivity index (χ2v) is 7.37. The zero-order valence-electron chi connectivity index (χ0n) is 17.0. The number of rotatable bonds is 7. The van der Waals surface area contributed by atoms with E-state index in [1.807, 2.05) is 24.3 Å². The summed E-state index contributed by atoms with van der Waals surface area (Å²) in [4.78, 5) is 26.8. The number of morpholine rings is 1. The van der Waals surface area contributed by atoms with Gasteiger partial charge in [-0.1, -0.05) is 11.6 Å². The fourth-order valence-electron chi connectivity index (χ4n) is 2.91. The van der Waals surface area contributed by atoms with E-state index < -0.39 is 24.1 Å². The predicted molar refractivity (Wildman–Crippen MR) is 115 cm³/mol. The summed E-state index contributed by atoms with van der Waals surface area (Å²) in [6.07, 6.45) is -1.83. The SMILES string of the molecule is C[C@H](OC(=O)[C@@H](C)Oc1ccc(Cl)cc1)C(=O)Nc1ccc(N2CCOCC2)cc1. The molecule has 0 unspecified atom stereocenters. The Morgan fingerprint density at radius 2 is 1.63 bits per heavy atom. The molecule has 0 radical (unpaired) electrons. The summed E-state index contributed by atoms with van der Waals surface area (Å²) < 4.78 is 16.1. The Bertz CT molecular complexity index is 851. The summed E-state index contributed by atoms with van der Waals surface area (Å²) in [5.41, 5.74) is 1.70. The van der Waals surface area contributed by atoms with Crippen molar-refractivity contribution in [1.82, 2.24) is 0 Å². The van der Waals surface area contributed by atoms with Crippen LogP contribution in [0.25, 0.3) is 0 Å². The maximum absolute atomic E-state index is 12.4. The van der Waals surface area contributed by atoms with Crippen molar-refractivity contribution in [3.8, 4) is 5.75 Å². The van der Waals surface area contributed by atoms with Gasteiger partial charge in [-0.15, -0.1) is 0 Å². The third-order valence-electron chi connectivity index (χ3n) is 4.63. The topological polar surface area (TPSA) is 77.1 Å². The Balaban J connectivity index is 1.48. The number of nitrogens with zero attached hydrogens (tertiary/aromatic N) is 1. The van der Waals surface area contributed by atoms with E-state index in [0.29, 0.717) is 29.7 Å². The Morgan fingerprint density at radius 3 is 2.27 bits per heavy atom. The number of halogens is 1. The van der Waals surface area contributed by atoms with Crippen molar-refractivity contribution in [2.75, 3.05) is 36.5 Å². The first kappa shape index (κ1) is 21.9. The fraction of sp³-hybridized carbons (Fsp3) is 0.364. The van der Waals surface area contributed by atoms with Crippen molar-refractivity contribution in [2.45, 2.75) is 26.1 Å². The molecule has 1 fully saturated rings. The lowest BCUT2D eigenvalue weighted by molar-refractivity contribution is -0.159. The maximum atomic E-state index is 12.4. The molecule has 1 heterocycles. The quantitative estimate of drug-likeness (QED) is 0.674. The lowest BCUT2D eigenvalue weighted by Crippen LogP contribution is -2.36. The number of amides is 1. The van der Waals surface area contributed by atoms with Crippen molar-refractivity contribution in [2.24, 2.45) is 0 Å². The largest absolute Gasteiger partial charge is 0.479 e. The molecule has 0 aliphatic carbocycles. The second-order valence-electron chi connectivity index (χ2n) is 6.93. The number of ether oxygens (including phenoxy) is 3. The van der Waals surface area contributed by atoms with Gasteiger partial charge in [-0.25, -0.2) is 4.79 Å². The highest BCUT2D eigenvalue weighted by molar-refractivity contribution is 6.30. The van der Waals surface area contributed by atoms with Gasteiger partial charge < -0.3 is 24.4 Å². The highest BCUT2D eigenvalue weighted by Crippen LogP contribution is 2.20. The van der Waals surface area contributed by atoms with Crippen LogP contribution in [0.5, 0.6) is 5.75 Å². The molecule has 3 rings (SSSR count). The smallest absolute Gasteiger partial charge is 0.347 e. The van der Waals surface area contributed by atoms with Crippen LogP contribution >= 0.6 is 11.6 Å². The molecule has 2 aromatic carbocycles. The van der Waals surface area contributed by atoms with E-state index in [4.69, 9.17) is 25.8 Å². The van der Waals surface area contributed by atoms with Crippen molar-refractivity contribution in [1.29, 1.82) is 0 Å². The summed E-state index contributed by atoms with van der Waals surface area (Å²) in [5.74, 6) is -0.558. The van der Waals surface area contributed by atoms with E-state index in [-0.39, 0.29) is 0 Å². The molecule has 1 saturated heterocycles. The Morgan fingerprint density at radius 1 is 1.00 bits per heavy atom. The second kappa shape index (κ2) is 10.3. The molecule has 2 aromatic rings. The number of carbonyl (C=O) groups is 2. The van der Waals surface area contributed by atoms with Gasteiger partial charge in [-0.05, 0) is 62.4 Å². The Kier molecular flexibility index (Phi) is 7.54. The molecule has 0 saturated carbocycles. The predicted octanol–water partition coefficient (Wildman–Crippen LogP) is 3.51. The normalized spacial score (nSPS) is 15.8. The highest BCUT2D eigenvalue weighted by atomic mass is 35.5. The molecule has 0 spiro atoms. The first-order valence-electron chi connectivity index (χ1n) is 9.79. The third-order valence-corrected chi connectivity index (χ3v) is 4.88. The van der Waals surface area contributed by atoms with Crippen LogP contribution in [0, 0.1) is 0 Å². The monoisotopic (exact) mass is 432 g/mol. The first-order valence-corrected chi connectivity index (χ1v) is 10.2. The van der Waals surface area contributed by atoms with E-state index >= 15 is 0 Å². The van der Waals surface area contributed by atoms with Crippen LogP contribution in [0.4, 0.5) is 11.4 Å². The minimum atomic E-state index is -0.965. The standard InChI is InChI=1S/C22H25ClN2O5/c1-15(30-22(27)16(2)29-20-9-3-17(23)4-10-20)21(26)24-18-5-7-19(8-6-18)25-11-13-28-14-12-25/h3-10,15-16H,11-14H2,1-2H3,(H,24,26)/t15-,16+/m0/s1. The van der Waals surface area contributed by atoms with Crippen LogP contribution in [0.1, 0.15) is 13.8 Å².